The standard InChI is InChI=1S/C12H15FO/c1-8-4-3-5-10(13)11(8)12(6-7-12)9(2)14/h3-5,9,14H,6-7H2,1-2H3. The molecule has 1 nitrogen and oxygen atoms in total. The molecule has 1 aliphatic rings. The molecule has 1 aromatic carbocycles. The summed E-state index contributed by atoms with van der Waals surface area (Å²) in [5.41, 5.74) is 1.37. The van der Waals surface area contributed by atoms with E-state index in [-0.39, 0.29) is 11.2 Å². The topological polar surface area (TPSA) is 20.2 Å². The van der Waals surface area contributed by atoms with Crippen LogP contribution in [0.3, 0.4) is 0 Å². The van der Waals surface area contributed by atoms with Crippen LogP contribution in [0.25, 0.3) is 0 Å². The van der Waals surface area contributed by atoms with Gasteiger partial charge < -0.3 is 5.11 Å². The van der Waals surface area contributed by atoms with Gasteiger partial charge in [-0.1, -0.05) is 12.1 Å². The monoisotopic (exact) mass is 194 g/mol. The summed E-state index contributed by atoms with van der Waals surface area (Å²) in [5.74, 6) is -0.177. The lowest BCUT2D eigenvalue weighted by molar-refractivity contribution is 0.148. The summed E-state index contributed by atoms with van der Waals surface area (Å²) in [6.07, 6.45) is 1.33. The summed E-state index contributed by atoms with van der Waals surface area (Å²) in [7, 11) is 0. The summed E-state index contributed by atoms with van der Waals surface area (Å²) in [4.78, 5) is 0. The molecule has 0 heterocycles. The number of hydrogen-bond acceptors (Lipinski definition) is 1. The average molecular weight is 194 g/mol. The highest BCUT2D eigenvalue weighted by Gasteiger charge is 2.50. The second kappa shape index (κ2) is 3.06. The van der Waals surface area contributed by atoms with Gasteiger partial charge in [-0.15, -0.1) is 0 Å². The van der Waals surface area contributed by atoms with Crippen LogP contribution >= 0.6 is 0 Å². The third-order valence-corrected chi connectivity index (χ3v) is 3.31. The first kappa shape index (κ1) is 9.66. The highest BCUT2D eigenvalue weighted by Crippen LogP contribution is 2.52. The largest absolute Gasteiger partial charge is 0.392 e. The van der Waals surface area contributed by atoms with Crippen LogP contribution in [0.5, 0.6) is 0 Å². The Morgan fingerprint density at radius 1 is 1.43 bits per heavy atom. The molecule has 1 aromatic rings. The highest BCUT2D eigenvalue weighted by molar-refractivity contribution is 5.40. The summed E-state index contributed by atoms with van der Waals surface area (Å²) in [5, 5.41) is 9.68. The van der Waals surface area contributed by atoms with Crippen LogP contribution in [-0.4, -0.2) is 11.2 Å². The number of benzene rings is 1. The van der Waals surface area contributed by atoms with Crippen molar-refractivity contribution in [3.05, 3.63) is 35.1 Å². The SMILES string of the molecule is Cc1cccc(F)c1C1(C(C)O)CC1. The first-order valence-electron chi connectivity index (χ1n) is 5.01. The minimum atomic E-state index is -0.460. The second-order valence-corrected chi connectivity index (χ2v) is 4.26. The molecule has 0 amide bonds. The first-order chi connectivity index (χ1) is 6.58. The van der Waals surface area contributed by atoms with E-state index in [9.17, 15) is 9.50 Å². The Morgan fingerprint density at radius 2 is 2.07 bits per heavy atom. The normalized spacial score (nSPS) is 20.6. The van der Waals surface area contributed by atoms with E-state index in [1.807, 2.05) is 13.0 Å². The van der Waals surface area contributed by atoms with E-state index in [1.165, 1.54) is 6.07 Å². The van der Waals surface area contributed by atoms with Crippen molar-refractivity contribution < 1.29 is 9.50 Å². The Kier molecular flexibility index (Phi) is 2.11. The van der Waals surface area contributed by atoms with Gasteiger partial charge in [-0.05, 0) is 43.9 Å². The highest BCUT2D eigenvalue weighted by atomic mass is 19.1. The molecule has 1 unspecified atom stereocenters. The van der Waals surface area contributed by atoms with Crippen molar-refractivity contribution in [3.63, 3.8) is 0 Å². The van der Waals surface area contributed by atoms with Crippen molar-refractivity contribution >= 4 is 0 Å². The van der Waals surface area contributed by atoms with E-state index in [2.05, 4.69) is 0 Å². The molecule has 1 N–H and O–H groups in total. The number of halogens is 1. The van der Waals surface area contributed by atoms with E-state index >= 15 is 0 Å². The molecule has 1 saturated carbocycles. The molecule has 0 saturated heterocycles. The van der Waals surface area contributed by atoms with Gasteiger partial charge in [0.25, 0.3) is 0 Å². The maximum atomic E-state index is 13.6. The van der Waals surface area contributed by atoms with Gasteiger partial charge in [0.05, 0.1) is 6.10 Å². The molecule has 0 bridgehead atoms. The Hall–Kier alpha value is -0.890. The predicted octanol–water partition coefficient (Wildman–Crippen LogP) is 2.55. The first-order valence-corrected chi connectivity index (χ1v) is 5.01. The average Bonchev–Trinajstić information content (AvgIpc) is 2.85. The third-order valence-electron chi connectivity index (χ3n) is 3.31. The smallest absolute Gasteiger partial charge is 0.127 e. The van der Waals surface area contributed by atoms with E-state index in [0.717, 1.165) is 24.0 Å². The summed E-state index contributed by atoms with van der Waals surface area (Å²) in [6.45, 7) is 3.65. The zero-order valence-corrected chi connectivity index (χ0v) is 8.55. The van der Waals surface area contributed by atoms with E-state index < -0.39 is 6.10 Å². The van der Waals surface area contributed by atoms with Gasteiger partial charge in [-0.25, -0.2) is 4.39 Å². The number of aliphatic hydroxyl groups excluding tert-OH is 1. The molecular formula is C12H15FO. The fourth-order valence-electron chi connectivity index (χ4n) is 2.27. The lowest BCUT2D eigenvalue weighted by Gasteiger charge is -2.21. The molecule has 76 valence electrons. The molecule has 1 fully saturated rings. The molecule has 14 heavy (non-hydrogen) atoms. The van der Waals surface area contributed by atoms with Crippen molar-refractivity contribution in [3.8, 4) is 0 Å². The summed E-state index contributed by atoms with van der Waals surface area (Å²) in [6, 6.07) is 5.10. The lowest BCUT2D eigenvalue weighted by atomic mass is 9.87. The van der Waals surface area contributed by atoms with Crippen molar-refractivity contribution in [1.29, 1.82) is 0 Å². The molecule has 0 aliphatic heterocycles. The lowest BCUT2D eigenvalue weighted by Crippen LogP contribution is -2.24. The van der Waals surface area contributed by atoms with Crippen LogP contribution in [0.2, 0.25) is 0 Å². The van der Waals surface area contributed by atoms with Crippen molar-refractivity contribution in [2.75, 3.05) is 0 Å². The number of aliphatic hydroxyl groups is 1. The second-order valence-electron chi connectivity index (χ2n) is 4.26. The molecule has 0 aromatic heterocycles. The van der Waals surface area contributed by atoms with E-state index in [1.54, 1.807) is 13.0 Å². The van der Waals surface area contributed by atoms with Gasteiger partial charge in [0.2, 0.25) is 0 Å². The number of rotatable bonds is 2. The van der Waals surface area contributed by atoms with Crippen molar-refractivity contribution in [2.45, 2.75) is 38.2 Å². The van der Waals surface area contributed by atoms with Crippen LogP contribution < -0.4 is 0 Å². The fourth-order valence-corrected chi connectivity index (χ4v) is 2.27. The Labute approximate surface area is 83.6 Å². The molecule has 2 rings (SSSR count). The predicted molar refractivity (Wildman–Crippen MR) is 53.7 cm³/mol. The molecular weight excluding hydrogens is 179 g/mol. The van der Waals surface area contributed by atoms with Gasteiger partial charge in [0.15, 0.2) is 0 Å². The molecule has 1 aliphatic carbocycles. The van der Waals surface area contributed by atoms with Gasteiger partial charge in [-0.2, -0.15) is 0 Å². The third kappa shape index (κ3) is 1.25. The van der Waals surface area contributed by atoms with Gasteiger partial charge in [0, 0.05) is 5.41 Å². The number of aryl methyl sites for hydroxylation is 1. The minimum Gasteiger partial charge on any atom is -0.392 e. The maximum Gasteiger partial charge on any atom is 0.127 e. The quantitative estimate of drug-likeness (QED) is 0.767. The van der Waals surface area contributed by atoms with Crippen LogP contribution in [0.4, 0.5) is 4.39 Å². The summed E-state index contributed by atoms with van der Waals surface area (Å²) < 4.78 is 13.6. The number of hydrogen-bond donors (Lipinski definition) is 1. The van der Waals surface area contributed by atoms with Crippen LogP contribution in [-0.2, 0) is 5.41 Å². The molecule has 0 radical (unpaired) electrons. The zero-order valence-electron chi connectivity index (χ0n) is 8.55. The van der Waals surface area contributed by atoms with Gasteiger partial charge >= 0.3 is 0 Å². The fraction of sp³-hybridized carbons (Fsp3) is 0.500. The molecule has 2 heteroatoms. The maximum absolute atomic E-state index is 13.6. The Bertz CT molecular complexity index is 333. The zero-order chi connectivity index (χ0) is 10.3. The van der Waals surface area contributed by atoms with Crippen LogP contribution in [0.15, 0.2) is 18.2 Å². The van der Waals surface area contributed by atoms with E-state index in [0.29, 0.717) is 0 Å². The molecule has 0 spiro atoms. The van der Waals surface area contributed by atoms with Crippen molar-refractivity contribution in [1.82, 2.24) is 0 Å². The van der Waals surface area contributed by atoms with Gasteiger partial charge in [0.1, 0.15) is 5.82 Å². The van der Waals surface area contributed by atoms with Crippen LogP contribution in [0.1, 0.15) is 30.9 Å². The van der Waals surface area contributed by atoms with E-state index in [4.69, 9.17) is 0 Å². The van der Waals surface area contributed by atoms with Gasteiger partial charge in [-0.3, -0.25) is 0 Å². The summed E-state index contributed by atoms with van der Waals surface area (Å²) >= 11 is 0. The molecule has 1 atom stereocenters. The van der Waals surface area contributed by atoms with Crippen molar-refractivity contribution in [2.24, 2.45) is 0 Å². The Morgan fingerprint density at radius 3 is 2.50 bits per heavy atom. The minimum absolute atomic E-state index is 0.177. The van der Waals surface area contributed by atoms with Crippen LogP contribution in [0, 0.1) is 12.7 Å². The Balaban J connectivity index is 2.51.